The van der Waals surface area contributed by atoms with Crippen molar-refractivity contribution in [2.45, 2.75) is 34.1 Å². The molecular weight excluding hydrogens is 375 g/mol. The van der Waals surface area contributed by atoms with Crippen molar-refractivity contribution in [2.24, 2.45) is 0 Å². The van der Waals surface area contributed by atoms with Crippen molar-refractivity contribution in [3.63, 3.8) is 0 Å². The first kappa shape index (κ1) is 21.2. The van der Waals surface area contributed by atoms with Gasteiger partial charge in [0.2, 0.25) is 0 Å². The molecule has 0 aliphatic heterocycles. The van der Waals surface area contributed by atoms with Gasteiger partial charge in [-0.3, -0.25) is 13.8 Å². The van der Waals surface area contributed by atoms with Crippen molar-refractivity contribution in [3.8, 4) is 5.75 Å². The summed E-state index contributed by atoms with van der Waals surface area (Å²) < 4.78 is 38.2. The van der Waals surface area contributed by atoms with Gasteiger partial charge in [-0.1, -0.05) is 0 Å². The molecule has 0 aliphatic carbocycles. The molecule has 0 atom stereocenters. The molecule has 0 fully saturated rings. The number of hydrogen-bond acceptors (Lipinski definition) is 8. The molecule has 0 radical (unpaired) electrons. The molecule has 0 amide bonds. The predicted molar refractivity (Wildman–Crippen MR) is 99.0 cm³/mol. The molecule has 0 N–H and O–H groups in total. The van der Waals surface area contributed by atoms with Crippen molar-refractivity contribution >= 4 is 24.8 Å². The van der Waals surface area contributed by atoms with Crippen LogP contribution in [0.25, 0.3) is 11.0 Å². The molecule has 0 saturated carbocycles. The van der Waals surface area contributed by atoms with Crippen molar-refractivity contribution in [1.82, 2.24) is 0 Å². The summed E-state index contributed by atoms with van der Waals surface area (Å²) in [6, 6.07) is 4.65. The molecule has 0 bridgehead atoms. The summed E-state index contributed by atoms with van der Waals surface area (Å²) in [6.45, 7) is 7.29. The minimum absolute atomic E-state index is 0.149. The fraction of sp³-hybridized carbons (Fsp3) is 0.444. The third-order valence-electron chi connectivity index (χ3n) is 3.68. The van der Waals surface area contributed by atoms with Gasteiger partial charge in [-0.05, 0) is 45.4 Å². The molecule has 0 saturated heterocycles. The number of rotatable bonds is 9. The first-order chi connectivity index (χ1) is 12.8. The van der Waals surface area contributed by atoms with Gasteiger partial charge in [-0.25, -0.2) is 9.36 Å². The Hall–Kier alpha value is -2.15. The third-order valence-corrected chi connectivity index (χ3v) is 5.26. The number of hydrogen-bond donors (Lipinski definition) is 0. The van der Waals surface area contributed by atoms with Crippen molar-refractivity contribution in [1.29, 1.82) is 0 Å². The Labute approximate surface area is 157 Å². The van der Waals surface area contributed by atoms with Crippen molar-refractivity contribution in [2.75, 3.05) is 19.8 Å². The maximum atomic E-state index is 12.5. The lowest BCUT2D eigenvalue weighted by Crippen LogP contribution is -2.17. The summed E-state index contributed by atoms with van der Waals surface area (Å²) in [6.07, 6.45) is -0.167. The lowest BCUT2D eigenvalue weighted by Gasteiger charge is -2.17. The molecule has 2 aromatic rings. The van der Waals surface area contributed by atoms with Crippen molar-refractivity contribution < 1.29 is 32.1 Å². The Bertz CT molecular complexity index is 907. The van der Waals surface area contributed by atoms with E-state index >= 15 is 0 Å². The quantitative estimate of drug-likeness (QED) is 0.357. The van der Waals surface area contributed by atoms with Crippen LogP contribution in [-0.4, -0.2) is 25.8 Å². The van der Waals surface area contributed by atoms with Gasteiger partial charge in [-0.2, -0.15) is 0 Å². The van der Waals surface area contributed by atoms with Crippen LogP contribution in [0.4, 0.5) is 0 Å². The molecule has 0 spiro atoms. The maximum absolute atomic E-state index is 12.5. The van der Waals surface area contributed by atoms with Gasteiger partial charge in [-0.15, -0.1) is 0 Å². The summed E-state index contributed by atoms with van der Waals surface area (Å²) >= 11 is 0. The van der Waals surface area contributed by atoms with Crippen molar-refractivity contribution in [3.05, 3.63) is 39.7 Å². The summed E-state index contributed by atoms with van der Waals surface area (Å²) in [5.41, 5.74) is 0.452. The summed E-state index contributed by atoms with van der Waals surface area (Å²) in [7, 11) is -3.76. The zero-order chi connectivity index (χ0) is 20.0. The van der Waals surface area contributed by atoms with E-state index in [-0.39, 0.29) is 43.1 Å². The molecule has 148 valence electrons. The highest BCUT2D eigenvalue weighted by Crippen LogP contribution is 2.49. The highest BCUT2D eigenvalue weighted by atomic mass is 31.2. The SMILES string of the molecule is CCOC(=O)Cc1c(C)c2ccc(OP(=O)(OCC)OCC)cc2oc1=O. The lowest BCUT2D eigenvalue weighted by molar-refractivity contribution is -0.142. The average Bonchev–Trinajstić information content (AvgIpc) is 2.59. The Morgan fingerprint density at radius 2 is 1.78 bits per heavy atom. The fourth-order valence-electron chi connectivity index (χ4n) is 2.53. The molecule has 2 rings (SSSR count). The smallest absolute Gasteiger partial charge is 0.466 e. The van der Waals surface area contributed by atoms with Crippen LogP contribution < -0.4 is 10.1 Å². The van der Waals surface area contributed by atoms with Crippen LogP contribution in [0.1, 0.15) is 31.9 Å². The largest absolute Gasteiger partial charge is 0.530 e. The molecule has 1 aromatic heterocycles. The molecule has 8 nitrogen and oxygen atoms in total. The number of benzene rings is 1. The highest BCUT2D eigenvalue weighted by Gasteiger charge is 2.27. The molecule has 27 heavy (non-hydrogen) atoms. The van der Waals surface area contributed by atoms with Crippen LogP contribution in [0.15, 0.2) is 27.4 Å². The lowest BCUT2D eigenvalue weighted by atomic mass is 10.0. The van der Waals surface area contributed by atoms with E-state index in [1.807, 2.05) is 0 Å². The first-order valence-corrected chi connectivity index (χ1v) is 10.1. The summed E-state index contributed by atoms with van der Waals surface area (Å²) in [4.78, 5) is 24.0. The van der Waals surface area contributed by atoms with Gasteiger partial charge in [0.15, 0.2) is 0 Å². The highest BCUT2D eigenvalue weighted by molar-refractivity contribution is 7.48. The number of aryl methyl sites for hydroxylation is 1. The van der Waals surface area contributed by atoms with E-state index in [1.165, 1.54) is 6.07 Å². The second kappa shape index (κ2) is 9.17. The second-order valence-electron chi connectivity index (χ2n) is 5.51. The van der Waals surface area contributed by atoms with E-state index < -0.39 is 19.4 Å². The number of carbonyl (C=O) groups excluding carboxylic acids is 1. The molecular formula is C18H23O8P. The van der Waals surface area contributed by atoms with Gasteiger partial charge >= 0.3 is 19.4 Å². The minimum Gasteiger partial charge on any atom is -0.466 e. The normalized spacial score (nSPS) is 11.6. The number of ether oxygens (including phenoxy) is 1. The molecule has 0 aliphatic rings. The van der Waals surface area contributed by atoms with E-state index in [2.05, 4.69) is 0 Å². The first-order valence-electron chi connectivity index (χ1n) is 8.64. The maximum Gasteiger partial charge on any atom is 0.530 e. The number of phosphoric ester groups is 1. The Kier molecular flexibility index (Phi) is 7.18. The molecule has 1 aromatic carbocycles. The third kappa shape index (κ3) is 5.19. The van der Waals surface area contributed by atoms with Gasteiger partial charge in [0.05, 0.1) is 31.8 Å². The molecule has 9 heteroatoms. The van der Waals surface area contributed by atoms with Gasteiger partial charge in [0.1, 0.15) is 11.3 Å². The Morgan fingerprint density at radius 3 is 2.37 bits per heavy atom. The van der Waals surface area contributed by atoms with Gasteiger partial charge in [0, 0.05) is 11.5 Å². The van der Waals surface area contributed by atoms with E-state index in [9.17, 15) is 14.2 Å². The second-order valence-corrected chi connectivity index (χ2v) is 7.10. The standard InChI is InChI=1S/C18H23O8P/c1-5-22-17(19)11-15-12(4)14-9-8-13(10-16(14)25-18(15)20)26-27(21,23-6-2)24-7-3/h8-10H,5-7,11H2,1-4H3. The zero-order valence-corrected chi connectivity index (χ0v) is 16.7. The van der Waals surface area contributed by atoms with Crippen LogP contribution in [0.5, 0.6) is 5.75 Å². The van der Waals surface area contributed by atoms with Crippen LogP contribution in [0.3, 0.4) is 0 Å². The Morgan fingerprint density at radius 1 is 1.11 bits per heavy atom. The van der Waals surface area contributed by atoms with E-state index in [0.717, 1.165) is 0 Å². The van der Waals surface area contributed by atoms with Gasteiger partial charge in [0.25, 0.3) is 0 Å². The summed E-state index contributed by atoms with van der Waals surface area (Å²) in [5, 5.41) is 0.629. The number of phosphoric acid groups is 1. The monoisotopic (exact) mass is 398 g/mol. The number of fused-ring (bicyclic) bond motifs is 1. The fourth-order valence-corrected chi connectivity index (χ4v) is 3.71. The van der Waals surface area contributed by atoms with Crippen LogP contribution in [-0.2, 0) is 29.6 Å². The zero-order valence-electron chi connectivity index (χ0n) is 15.8. The van der Waals surface area contributed by atoms with E-state index in [4.69, 9.17) is 22.7 Å². The minimum atomic E-state index is -3.76. The topological polar surface area (TPSA) is 101 Å². The van der Waals surface area contributed by atoms with Crippen LogP contribution in [0.2, 0.25) is 0 Å². The number of carbonyl (C=O) groups is 1. The Balaban J connectivity index is 2.39. The number of esters is 1. The van der Waals surface area contributed by atoms with Crippen LogP contribution >= 0.6 is 7.82 Å². The van der Waals surface area contributed by atoms with Crippen LogP contribution in [0, 0.1) is 6.92 Å². The van der Waals surface area contributed by atoms with Gasteiger partial charge < -0.3 is 13.7 Å². The van der Waals surface area contributed by atoms with E-state index in [0.29, 0.717) is 10.9 Å². The van der Waals surface area contributed by atoms with E-state index in [1.54, 1.807) is 39.8 Å². The molecule has 1 heterocycles. The predicted octanol–water partition coefficient (Wildman–Crippen LogP) is 3.77. The average molecular weight is 398 g/mol. The summed E-state index contributed by atoms with van der Waals surface area (Å²) in [5.74, 6) is -0.324. The molecule has 0 unspecified atom stereocenters.